The number of nitrogens with zero attached hydrogens (tertiary/aromatic N) is 4. The number of rotatable bonds is 6. The molecule has 3 rings (SSSR count). The van der Waals surface area contributed by atoms with Crippen molar-refractivity contribution in [2.24, 2.45) is 0 Å². The molecule has 0 saturated carbocycles. The smallest absolute Gasteiger partial charge is 0.255 e. The molecule has 2 aromatic carbocycles. The SMILES string of the molecule is CC(C)n1nnnc1COc1ccc(C(=O)Nc2ccc(Cl)c(Cl)c2)cc1. The van der Waals surface area contributed by atoms with Crippen LogP contribution in [0, 0.1) is 0 Å². The Bertz CT molecular complexity index is 941. The summed E-state index contributed by atoms with van der Waals surface area (Å²) in [5.41, 5.74) is 1.05. The summed E-state index contributed by atoms with van der Waals surface area (Å²) in [4.78, 5) is 12.3. The van der Waals surface area contributed by atoms with Gasteiger partial charge in [-0.1, -0.05) is 23.2 Å². The summed E-state index contributed by atoms with van der Waals surface area (Å²) >= 11 is 11.8. The predicted molar refractivity (Wildman–Crippen MR) is 103 cm³/mol. The lowest BCUT2D eigenvalue weighted by atomic mass is 10.2. The van der Waals surface area contributed by atoms with Gasteiger partial charge in [0.2, 0.25) is 0 Å². The second-order valence-electron chi connectivity index (χ2n) is 6.03. The maximum atomic E-state index is 12.3. The van der Waals surface area contributed by atoms with E-state index >= 15 is 0 Å². The molecule has 1 amide bonds. The lowest BCUT2D eigenvalue weighted by Gasteiger charge is -2.10. The average molecular weight is 406 g/mol. The van der Waals surface area contributed by atoms with Gasteiger partial charge in [0.25, 0.3) is 5.91 Å². The minimum absolute atomic E-state index is 0.144. The Morgan fingerprint density at radius 2 is 1.89 bits per heavy atom. The van der Waals surface area contributed by atoms with Gasteiger partial charge in [-0.3, -0.25) is 4.79 Å². The van der Waals surface area contributed by atoms with Crippen LogP contribution in [-0.4, -0.2) is 26.1 Å². The first kappa shape index (κ1) is 19.1. The summed E-state index contributed by atoms with van der Waals surface area (Å²) in [6.45, 7) is 4.21. The monoisotopic (exact) mass is 405 g/mol. The number of carbonyl (C=O) groups excluding carboxylic acids is 1. The molecule has 0 bridgehead atoms. The van der Waals surface area contributed by atoms with Gasteiger partial charge in [-0.05, 0) is 66.7 Å². The van der Waals surface area contributed by atoms with Crippen molar-refractivity contribution in [2.45, 2.75) is 26.5 Å². The molecule has 1 aromatic heterocycles. The van der Waals surface area contributed by atoms with Crippen molar-refractivity contribution in [3.05, 3.63) is 63.9 Å². The summed E-state index contributed by atoms with van der Waals surface area (Å²) < 4.78 is 7.39. The summed E-state index contributed by atoms with van der Waals surface area (Å²) in [6, 6.07) is 11.8. The minimum atomic E-state index is -0.260. The number of ether oxygens (including phenoxy) is 1. The molecule has 0 aliphatic rings. The zero-order chi connectivity index (χ0) is 19.4. The summed E-state index contributed by atoms with van der Waals surface area (Å²) in [6.07, 6.45) is 0. The fraction of sp³-hybridized carbons (Fsp3) is 0.222. The molecule has 0 saturated heterocycles. The van der Waals surface area contributed by atoms with Gasteiger partial charge < -0.3 is 10.1 Å². The first-order chi connectivity index (χ1) is 12.9. The Kier molecular flexibility index (Phi) is 5.93. The molecule has 1 heterocycles. The van der Waals surface area contributed by atoms with Crippen molar-refractivity contribution in [3.63, 3.8) is 0 Å². The van der Waals surface area contributed by atoms with Crippen molar-refractivity contribution in [1.82, 2.24) is 20.2 Å². The molecule has 3 aromatic rings. The lowest BCUT2D eigenvalue weighted by Crippen LogP contribution is -2.12. The molecule has 0 aliphatic heterocycles. The van der Waals surface area contributed by atoms with E-state index in [9.17, 15) is 4.79 Å². The Hall–Kier alpha value is -2.64. The lowest BCUT2D eigenvalue weighted by molar-refractivity contribution is 0.102. The Morgan fingerprint density at radius 1 is 1.15 bits per heavy atom. The summed E-state index contributed by atoms with van der Waals surface area (Å²) in [5, 5.41) is 15.1. The molecule has 0 fully saturated rings. The van der Waals surface area contributed by atoms with E-state index < -0.39 is 0 Å². The van der Waals surface area contributed by atoms with Gasteiger partial charge in [-0.15, -0.1) is 5.10 Å². The highest BCUT2D eigenvalue weighted by Crippen LogP contribution is 2.25. The molecule has 9 heteroatoms. The van der Waals surface area contributed by atoms with E-state index in [4.69, 9.17) is 27.9 Å². The zero-order valence-electron chi connectivity index (χ0n) is 14.7. The van der Waals surface area contributed by atoms with Gasteiger partial charge in [0.05, 0.1) is 16.1 Å². The molecule has 0 unspecified atom stereocenters. The largest absolute Gasteiger partial charge is 0.486 e. The fourth-order valence-corrected chi connectivity index (χ4v) is 2.63. The molecule has 7 nitrogen and oxygen atoms in total. The number of tetrazole rings is 1. The van der Waals surface area contributed by atoms with Crippen LogP contribution >= 0.6 is 23.2 Å². The van der Waals surface area contributed by atoms with Crippen LogP contribution in [0.5, 0.6) is 5.75 Å². The number of hydrogen-bond donors (Lipinski definition) is 1. The number of aromatic nitrogens is 4. The Morgan fingerprint density at radius 3 is 2.56 bits per heavy atom. The Balaban J connectivity index is 1.61. The standard InChI is InChI=1S/C18H17Cl2N5O2/c1-11(2)25-17(22-23-24-25)10-27-14-6-3-12(4-7-14)18(26)21-13-5-8-15(19)16(20)9-13/h3-9,11H,10H2,1-2H3,(H,21,26). The van der Waals surface area contributed by atoms with Gasteiger partial charge in [0.1, 0.15) is 12.4 Å². The van der Waals surface area contributed by atoms with Crippen molar-refractivity contribution in [1.29, 1.82) is 0 Å². The first-order valence-electron chi connectivity index (χ1n) is 8.20. The van der Waals surface area contributed by atoms with Crippen molar-refractivity contribution >= 4 is 34.8 Å². The summed E-state index contributed by atoms with van der Waals surface area (Å²) in [5.74, 6) is 0.981. The zero-order valence-corrected chi connectivity index (χ0v) is 16.2. The molecule has 140 valence electrons. The molecule has 0 radical (unpaired) electrons. The highest BCUT2D eigenvalue weighted by molar-refractivity contribution is 6.42. The first-order valence-corrected chi connectivity index (χ1v) is 8.95. The van der Waals surface area contributed by atoms with E-state index in [0.29, 0.717) is 32.9 Å². The number of hydrogen-bond acceptors (Lipinski definition) is 5. The molecular weight excluding hydrogens is 389 g/mol. The number of carbonyl (C=O) groups is 1. The second-order valence-corrected chi connectivity index (χ2v) is 6.84. The molecular formula is C18H17Cl2N5O2. The van der Waals surface area contributed by atoms with Crippen LogP contribution in [-0.2, 0) is 6.61 Å². The third kappa shape index (κ3) is 4.75. The number of benzene rings is 2. The molecule has 0 atom stereocenters. The molecule has 0 aliphatic carbocycles. The van der Waals surface area contributed by atoms with Gasteiger partial charge in [-0.25, -0.2) is 4.68 Å². The van der Waals surface area contributed by atoms with Crippen LogP contribution < -0.4 is 10.1 Å². The molecule has 27 heavy (non-hydrogen) atoms. The van der Waals surface area contributed by atoms with Crippen LogP contribution in [0.2, 0.25) is 10.0 Å². The van der Waals surface area contributed by atoms with Crippen LogP contribution in [0.1, 0.15) is 36.1 Å². The van der Waals surface area contributed by atoms with Crippen LogP contribution in [0.4, 0.5) is 5.69 Å². The van der Waals surface area contributed by atoms with E-state index in [1.54, 1.807) is 47.1 Å². The third-order valence-electron chi connectivity index (χ3n) is 3.71. The summed E-state index contributed by atoms with van der Waals surface area (Å²) in [7, 11) is 0. The van der Waals surface area contributed by atoms with E-state index in [1.807, 2.05) is 13.8 Å². The van der Waals surface area contributed by atoms with Gasteiger partial charge >= 0.3 is 0 Å². The van der Waals surface area contributed by atoms with Crippen molar-refractivity contribution in [3.8, 4) is 5.75 Å². The normalized spacial score (nSPS) is 10.9. The average Bonchev–Trinajstić information content (AvgIpc) is 3.12. The van der Waals surface area contributed by atoms with Crippen molar-refractivity contribution < 1.29 is 9.53 Å². The predicted octanol–water partition coefficient (Wildman–Crippen LogP) is 4.39. The second kappa shape index (κ2) is 8.37. The highest BCUT2D eigenvalue weighted by atomic mass is 35.5. The maximum Gasteiger partial charge on any atom is 0.255 e. The fourth-order valence-electron chi connectivity index (χ4n) is 2.34. The molecule has 0 spiro atoms. The number of amides is 1. The molecule has 1 N–H and O–H groups in total. The van der Waals surface area contributed by atoms with E-state index in [-0.39, 0.29) is 18.6 Å². The number of anilines is 1. The highest BCUT2D eigenvalue weighted by Gasteiger charge is 2.11. The topological polar surface area (TPSA) is 81.9 Å². The van der Waals surface area contributed by atoms with Crippen LogP contribution in [0.25, 0.3) is 0 Å². The Labute approximate surface area is 166 Å². The number of halogens is 2. The quantitative estimate of drug-likeness (QED) is 0.657. The van der Waals surface area contributed by atoms with Gasteiger partial charge in [-0.2, -0.15) is 0 Å². The van der Waals surface area contributed by atoms with Gasteiger partial charge in [0, 0.05) is 11.3 Å². The van der Waals surface area contributed by atoms with Crippen LogP contribution in [0.3, 0.4) is 0 Å². The van der Waals surface area contributed by atoms with E-state index in [0.717, 1.165) is 0 Å². The minimum Gasteiger partial charge on any atom is -0.486 e. The van der Waals surface area contributed by atoms with E-state index in [1.165, 1.54) is 0 Å². The number of nitrogens with one attached hydrogen (secondary N) is 1. The van der Waals surface area contributed by atoms with Crippen molar-refractivity contribution in [2.75, 3.05) is 5.32 Å². The van der Waals surface area contributed by atoms with E-state index in [2.05, 4.69) is 20.8 Å². The maximum absolute atomic E-state index is 12.3. The third-order valence-corrected chi connectivity index (χ3v) is 4.45. The van der Waals surface area contributed by atoms with Gasteiger partial charge in [0.15, 0.2) is 5.82 Å². The van der Waals surface area contributed by atoms with Crippen LogP contribution in [0.15, 0.2) is 42.5 Å².